The maximum atomic E-state index is 11.8. The number of amides is 1. The molecule has 0 unspecified atom stereocenters. The van der Waals surface area contributed by atoms with Crippen molar-refractivity contribution in [1.29, 1.82) is 5.26 Å². The van der Waals surface area contributed by atoms with Crippen molar-refractivity contribution in [2.75, 3.05) is 6.61 Å². The molecular weight excluding hydrogens is 392 g/mol. The van der Waals surface area contributed by atoms with Crippen LogP contribution in [0, 0.1) is 18.3 Å². The van der Waals surface area contributed by atoms with Crippen molar-refractivity contribution in [3.8, 4) is 17.6 Å². The first-order valence-corrected chi connectivity index (χ1v) is 9.76. The maximum Gasteiger partial charge on any atom is 0.248 e. The van der Waals surface area contributed by atoms with Gasteiger partial charge in [-0.05, 0) is 48.9 Å². The number of rotatable bonds is 4. The third kappa shape index (κ3) is 5.49. The summed E-state index contributed by atoms with van der Waals surface area (Å²) in [6.07, 6.45) is 0.428. The molecule has 0 bridgehead atoms. The molecule has 1 aliphatic heterocycles. The highest BCUT2D eigenvalue weighted by Gasteiger charge is 2.22. The van der Waals surface area contributed by atoms with Gasteiger partial charge in [0.1, 0.15) is 18.1 Å². The van der Waals surface area contributed by atoms with Crippen molar-refractivity contribution >= 4 is 11.7 Å². The molecule has 0 aromatic heterocycles. The topological polar surface area (TPSA) is 102 Å². The standard InChI is InChI=1S/C18H15NO3.C7H7NO/c1-12-17(7-6-15-16(20)8-9-21-18(12)15)22-11-14-4-2-13(10-19)3-5-14;8-7(9)6-4-2-1-3-5-6/h2-7H,8-9,11H2,1H3;1-5H,(H2,8,9). The number of carbonyl (C=O) groups excluding carboxylic acids is 2. The number of Topliss-reactive ketones (excluding diaryl/α,β-unsaturated/α-hetero) is 1. The van der Waals surface area contributed by atoms with Crippen LogP contribution in [0.4, 0.5) is 0 Å². The van der Waals surface area contributed by atoms with Gasteiger partial charge in [-0.2, -0.15) is 5.26 Å². The number of nitrogens with zero attached hydrogens (tertiary/aromatic N) is 1. The molecule has 6 nitrogen and oxygen atoms in total. The Morgan fingerprint density at radius 2 is 1.81 bits per heavy atom. The predicted octanol–water partition coefficient (Wildman–Crippen LogP) is 4.20. The van der Waals surface area contributed by atoms with E-state index >= 15 is 0 Å². The highest BCUT2D eigenvalue weighted by Crippen LogP contribution is 2.35. The minimum absolute atomic E-state index is 0.114. The Balaban J connectivity index is 0.000000254. The Kier molecular flexibility index (Phi) is 7.02. The molecule has 0 aliphatic carbocycles. The number of benzene rings is 3. The Bertz CT molecular complexity index is 1120. The fourth-order valence-corrected chi connectivity index (χ4v) is 3.06. The summed E-state index contributed by atoms with van der Waals surface area (Å²) in [5, 5.41) is 8.78. The number of ketones is 1. The number of hydrogen-bond donors (Lipinski definition) is 1. The lowest BCUT2D eigenvalue weighted by molar-refractivity contribution is 0.0931. The summed E-state index contributed by atoms with van der Waals surface area (Å²) in [4.78, 5) is 22.3. The molecule has 1 aliphatic rings. The highest BCUT2D eigenvalue weighted by atomic mass is 16.5. The average molecular weight is 414 g/mol. The van der Waals surface area contributed by atoms with Gasteiger partial charge in [-0.3, -0.25) is 9.59 Å². The van der Waals surface area contributed by atoms with Gasteiger partial charge in [0.2, 0.25) is 5.91 Å². The number of fused-ring (bicyclic) bond motifs is 1. The van der Waals surface area contributed by atoms with Gasteiger partial charge in [0, 0.05) is 17.5 Å². The van der Waals surface area contributed by atoms with Crippen LogP contribution in [0.2, 0.25) is 0 Å². The lowest BCUT2D eigenvalue weighted by atomic mass is 10.0. The summed E-state index contributed by atoms with van der Waals surface area (Å²) in [7, 11) is 0. The normalized spacial score (nSPS) is 11.8. The molecule has 0 saturated carbocycles. The molecule has 2 N–H and O–H groups in total. The van der Waals surface area contributed by atoms with E-state index in [2.05, 4.69) is 6.07 Å². The van der Waals surface area contributed by atoms with Crippen molar-refractivity contribution in [3.05, 3.63) is 94.5 Å². The number of nitrogens with two attached hydrogens (primary N) is 1. The summed E-state index contributed by atoms with van der Waals surface area (Å²) in [5.41, 5.74) is 8.61. The zero-order valence-corrected chi connectivity index (χ0v) is 17.1. The predicted molar refractivity (Wildman–Crippen MR) is 116 cm³/mol. The van der Waals surface area contributed by atoms with Crippen LogP contribution in [-0.4, -0.2) is 18.3 Å². The van der Waals surface area contributed by atoms with Crippen LogP contribution in [0.15, 0.2) is 66.7 Å². The second-order valence-electron chi connectivity index (χ2n) is 6.91. The van der Waals surface area contributed by atoms with Gasteiger partial charge in [0.15, 0.2) is 5.78 Å². The quantitative estimate of drug-likeness (QED) is 0.689. The van der Waals surface area contributed by atoms with Crippen LogP contribution in [-0.2, 0) is 6.61 Å². The smallest absolute Gasteiger partial charge is 0.248 e. The second-order valence-corrected chi connectivity index (χ2v) is 6.91. The number of primary amides is 1. The minimum Gasteiger partial charge on any atom is -0.492 e. The van der Waals surface area contributed by atoms with Crippen LogP contribution in [0.1, 0.15) is 43.8 Å². The summed E-state index contributed by atoms with van der Waals surface area (Å²) >= 11 is 0. The van der Waals surface area contributed by atoms with E-state index in [1.165, 1.54) is 0 Å². The largest absolute Gasteiger partial charge is 0.492 e. The molecule has 1 heterocycles. The zero-order valence-electron chi connectivity index (χ0n) is 17.1. The van der Waals surface area contributed by atoms with Crippen molar-refractivity contribution in [3.63, 3.8) is 0 Å². The van der Waals surface area contributed by atoms with Crippen molar-refractivity contribution in [2.24, 2.45) is 5.73 Å². The molecule has 4 rings (SSSR count). The third-order valence-corrected chi connectivity index (χ3v) is 4.77. The number of hydrogen-bond acceptors (Lipinski definition) is 5. The van der Waals surface area contributed by atoms with E-state index in [0.717, 1.165) is 11.1 Å². The Hall–Kier alpha value is -4.11. The van der Waals surface area contributed by atoms with Crippen LogP contribution < -0.4 is 15.2 Å². The van der Waals surface area contributed by atoms with Gasteiger partial charge in [0.05, 0.1) is 23.8 Å². The number of nitriles is 1. The van der Waals surface area contributed by atoms with Crippen molar-refractivity contribution in [1.82, 2.24) is 0 Å². The van der Waals surface area contributed by atoms with E-state index in [-0.39, 0.29) is 11.7 Å². The number of ether oxygens (including phenoxy) is 2. The van der Waals surface area contributed by atoms with Gasteiger partial charge >= 0.3 is 0 Å². The molecule has 0 radical (unpaired) electrons. The van der Waals surface area contributed by atoms with Gasteiger partial charge in [-0.25, -0.2) is 0 Å². The molecule has 0 fully saturated rings. The van der Waals surface area contributed by atoms with Crippen LogP contribution in [0.5, 0.6) is 11.5 Å². The molecule has 31 heavy (non-hydrogen) atoms. The van der Waals surface area contributed by atoms with Crippen LogP contribution in [0.3, 0.4) is 0 Å². The first-order valence-electron chi connectivity index (χ1n) is 9.76. The monoisotopic (exact) mass is 414 g/mol. The molecule has 0 spiro atoms. The Morgan fingerprint density at radius 1 is 1.10 bits per heavy atom. The molecule has 0 atom stereocenters. The van der Waals surface area contributed by atoms with Gasteiger partial charge in [-0.1, -0.05) is 30.3 Å². The first kappa shape index (κ1) is 21.6. The summed E-state index contributed by atoms with van der Waals surface area (Å²) < 4.78 is 11.4. The Labute approximate surface area is 180 Å². The van der Waals surface area contributed by atoms with Gasteiger partial charge in [-0.15, -0.1) is 0 Å². The molecule has 3 aromatic rings. The van der Waals surface area contributed by atoms with E-state index < -0.39 is 0 Å². The fourth-order valence-electron chi connectivity index (χ4n) is 3.06. The van der Waals surface area contributed by atoms with Gasteiger partial charge < -0.3 is 15.2 Å². The van der Waals surface area contributed by atoms with Crippen molar-refractivity contribution in [2.45, 2.75) is 20.0 Å². The highest BCUT2D eigenvalue weighted by molar-refractivity contribution is 6.00. The van der Waals surface area contributed by atoms with E-state index in [1.54, 1.807) is 42.5 Å². The molecule has 156 valence electrons. The fraction of sp³-hybridized carbons (Fsp3) is 0.160. The first-order chi connectivity index (χ1) is 15.0. The average Bonchev–Trinajstić information content (AvgIpc) is 2.80. The third-order valence-electron chi connectivity index (χ3n) is 4.77. The van der Waals surface area contributed by atoms with E-state index in [4.69, 9.17) is 20.5 Å². The lowest BCUT2D eigenvalue weighted by Crippen LogP contribution is -2.16. The maximum absolute atomic E-state index is 11.8. The second kappa shape index (κ2) is 10.1. The Morgan fingerprint density at radius 3 is 2.42 bits per heavy atom. The minimum atomic E-state index is -0.379. The van der Waals surface area contributed by atoms with E-state index in [9.17, 15) is 9.59 Å². The van der Waals surface area contributed by atoms with E-state index in [0.29, 0.717) is 47.8 Å². The van der Waals surface area contributed by atoms with Gasteiger partial charge in [0.25, 0.3) is 0 Å². The van der Waals surface area contributed by atoms with Crippen LogP contribution >= 0.6 is 0 Å². The molecule has 1 amide bonds. The SMILES string of the molecule is Cc1c(OCc2ccc(C#N)cc2)ccc2c1OCCC2=O.NC(=O)c1ccccc1. The van der Waals surface area contributed by atoms with E-state index in [1.807, 2.05) is 31.2 Å². The number of carbonyl (C=O) groups is 2. The molecule has 0 saturated heterocycles. The molecule has 3 aromatic carbocycles. The van der Waals surface area contributed by atoms with Crippen LogP contribution in [0.25, 0.3) is 0 Å². The molecular formula is C25H22N2O4. The van der Waals surface area contributed by atoms with Crippen molar-refractivity contribution < 1.29 is 19.1 Å². The lowest BCUT2D eigenvalue weighted by Gasteiger charge is -2.20. The summed E-state index contributed by atoms with van der Waals surface area (Å²) in [6.45, 7) is 2.72. The zero-order chi connectivity index (χ0) is 22.2. The molecule has 6 heteroatoms. The summed E-state index contributed by atoms with van der Waals surface area (Å²) in [6, 6.07) is 21.7. The summed E-state index contributed by atoms with van der Waals surface area (Å²) in [5.74, 6) is 1.07.